The van der Waals surface area contributed by atoms with E-state index in [-0.39, 0.29) is 5.78 Å². The smallest absolute Gasteiger partial charge is 0.287 e. The molecular weight excluding hydrogens is 1100 g/mol. The Balaban J connectivity index is 0.000000455. The minimum Gasteiger partial charge on any atom is -0.287 e. The van der Waals surface area contributed by atoms with Gasteiger partial charge in [-0.25, -0.2) is 0 Å². The van der Waals surface area contributed by atoms with Gasteiger partial charge in [0.1, 0.15) is 6.15 Å². The van der Waals surface area contributed by atoms with Gasteiger partial charge in [-0.2, -0.15) is 132 Å². The Hall–Kier alpha value is -6.70. The normalized spacial score (nSPS) is 13.3. The lowest BCUT2D eigenvalue weighted by atomic mass is 9.12. The van der Waals surface area contributed by atoms with E-state index < -0.39 is 195 Å². The van der Waals surface area contributed by atoms with Crippen LogP contribution in [0.2, 0.25) is 0 Å². The average molecular weight is 1130 g/mol. The maximum absolute atomic E-state index is 14.2. The van der Waals surface area contributed by atoms with E-state index in [9.17, 15) is 110 Å². The number of benzene rings is 5. The number of halogens is 24. The van der Waals surface area contributed by atoms with Crippen molar-refractivity contribution in [3.63, 3.8) is 0 Å². The number of hydrogen-bond donors (Lipinski definition) is 0. The number of carbonyl (C=O) groups excluding carboxylic acids is 1. The highest BCUT2D eigenvalue weighted by Crippen LogP contribution is 2.41. The number of Topliss-reactive ketones (excluding diaryl/α,β-unsaturated/α-hetero) is 1. The quantitative estimate of drug-likeness (QED) is 0.0416. The second kappa shape index (κ2) is 22.0. The third-order valence-corrected chi connectivity index (χ3v) is 11.9. The standard InChI is InChI=1S/C32H12BF24.C18H22NO/c34-25(35,36)13-1-14(26(37,38)39)6-21(5-13)33(22-7-15(27(40,41)42)2-16(8-22)28(43,44)45,23-9-17(29(46,47)48)3-18(10-23)30(49,50)51)24-11-19(31(52,53)54)4-20(12-24)32(55,56)57;1-2-3-5-12-17-13-8-9-14-19(17)15-18(20)16-10-6-4-7-11-16/h1-12H;4,6-11,13-14H,2-3,5,12,15H2,1H3/q-1;+1. The predicted molar refractivity (Wildman–Crippen MR) is 231 cm³/mol. The van der Waals surface area contributed by atoms with E-state index in [0.29, 0.717) is 6.54 Å². The average Bonchev–Trinajstić information content (AvgIpc) is 3.30. The molecule has 0 aliphatic carbocycles. The monoisotopic (exact) mass is 1130 g/mol. The van der Waals surface area contributed by atoms with Crippen LogP contribution in [0.4, 0.5) is 105 Å². The molecule has 0 fully saturated rings. The molecule has 0 radical (unpaired) electrons. The Morgan fingerprint density at radius 3 is 0.909 bits per heavy atom. The van der Waals surface area contributed by atoms with Crippen molar-refractivity contribution in [1.82, 2.24) is 0 Å². The van der Waals surface area contributed by atoms with Crippen LogP contribution in [0.15, 0.2) is 128 Å². The summed E-state index contributed by atoms with van der Waals surface area (Å²) in [5.41, 5.74) is -28.2. The van der Waals surface area contributed by atoms with Crippen LogP contribution in [-0.2, 0) is 62.4 Å². The van der Waals surface area contributed by atoms with E-state index in [1.54, 1.807) is 0 Å². The Morgan fingerprint density at radius 2 is 0.649 bits per heavy atom. The third kappa shape index (κ3) is 14.9. The van der Waals surface area contributed by atoms with Gasteiger partial charge in [-0.3, -0.25) is 4.79 Å². The summed E-state index contributed by atoms with van der Waals surface area (Å²) in [5, 5.41) is 0. The maximum Gasteiger partial charge on any atom is 0.416 e. The highest BCUT2D eigenvalue weighted by molar-refractivity contribution is 7.20. The first-order valence-electron chi connectivity index (χ1n) is 22.0. The number of unbranched alkanes of at least 4 members (excludes halogenated alkanes) is 2. The second-order valence-corrected chi connectivity index (χ2v) is 17.3. The van der Waals surface area contributed by atoms with E-state index in [1.165, 1.54) is 25.0 Å². The van der Waals surface area contributed by atoms with Crippen molar-refractivity contribution >= 4 is 33.8 Å². The van der Waals surface area contributed by atoms with E-state index in [1.807, 2.05) is 48.7 Å². The summed E-state index contributed by atoms with van der Waals surface area (Å²) in [6, 6.07) is 6.85. The lowest BCUT2D eigenvalue weighted by Gasteiger charge is -2.46. The molecule has 1 heterocycles. The maximum atomic E-state index is 14.2. The molecule has 0 spiro atoms. The SMILES string of the molecule is CCCCCc1cccc[n+]1CC(=O)c1ccccc1.FC(F)(F)c1cc([B-](c2cc(C(F)(F)F)cc(C(F)(F)F)c2)(c2cc(C(F)(F)F)cc(C(F)(F)F)c2)c2cc(C(F)(F)F)cc(C(F)(F)F)c2)cc(C(F)(F)F)c1. The lowest BCUT2D eigenvalue weighted by molar-refractivity contribution is -0.690. The van der Waals surface area contributed by atoms with Crippen molar-refractivity contribution in [3.05, 3.63) is 183 Å². The van der Waals surface area contributed by atoms with E-state index in [4.69, 9.17) is 0 Å². The van der Waals surface area contributed by atoms with Gasteiger partial charge in [0.15, 0.2) is 11.9 Å². The first-order valence-corrected chi connectivity index (χ1v) is 22.0. The van der Waals surface area contributed by atoms with Crippen LogP contribution in [0.3, 0.4) is 0 Å². The fourth-order valence-electron chi connectivity index (χ4n) is 8.39. The molecule has 0 unspecified atom stereocenters. The number of carbonyl (C=O) groups is 1. The van der Waals surface area contributed by atoms with Crippen molar-refractivity contribution in [3.8, 4) is 0 Å². The van der Waals surface area contributed by atoms with E-state index in [2.05, 4.69) is 17.6 Å². The minimum absolute atomic E-state index is 0.165. The zero-order valence-corrected chi connectivity index (χ0v) is 38.7. The van der Waals surface area contributed by atoms with Crippen LogP contribution in [-0.4, -0.2) is 11.9 Å². The highest BCUT2D eigenvalue weighted by Gasteiger charge is 2.47. The van der Waals surface area contributed by atoms with Gasteiger partial charge in [-0.05, 0) is 30.7 Å². The first-order chi connectivity index (χ1) is 35.1. The predicted octanol–water partition coefficient (Wildman–Crippen LogP) is 14.8. The largest absolute Gasteiger partial charge is 0.416 e. The Morgan fingerprint density at radius 1 is 0.377 bits per heavy atom. The van der Waals surface area contributed by atoms with Crippen LogP contribution < -0.4 is 26.4 Å². The van der Waals surface area contributed by atoms with Crippen LogP contribution in [0, 0.1) is 0 Å². The fraction of sp³-hybridized carbons (Fsp3) is 0.280. The zero-order valence-electron chi connectivity index (χ0n) is 38.7. The van der Waals surface area contributed by atoms with Crippen molar-refractivity contribution in [2.45, 2.75) is 88.6 Å². The molecule has 0 bridgehead atoms. The summed E-state index contributed by atoms with van der Waals surface area (Å²) in [7, 11) is 0. The molecule has 27 heteroatoms. The molecule has 0 atom stereocenters. The van der Waals surface area contributed by atoms with Gasteiger partial charge >= 0.3 is 49.4 Å². The fourth-order valence-corrected chi connectivity index (χ4v) is 8.39. The van der Waals surface area contributed by atoms with Crippen molar-refractivity contribution < 1.29 is 115 Å². The number of hydrogen-bond acceptors (Lipinski definition) is 1. The van der Waals surface area contributed by atoms with Gasteiger partial charge < -0.3 is 0 Å². The summed E-state index contributed by atoms with van der Waals surface area (Å²) in [6.45, 7) is 2.63. The molecule has 1 aromatic heterocycles. The Bertz CT molecular complexity index is 2590. The van der Waals surface area contributed by atoms with Crippen LogP contribution in [0.1, 0.15) is 86.7 Å². The van der Waals surface area contributed by atoms with Gasteiger partial charge in [0.2, 0.25) is 12.3 Å². The summed E-state index contributed by atoms with van der Waals surface area (Å²) in [6.07, 6.45) is -48.1. The summed E-state index contributed by atoms with van der Waals surface area (Å²) < 4.78 is 343. The van der Waals surface area contributed by atoms with Crippen molar-refractivity contribution in [2.24, 2.45) is 0 Å². The molecule has 0 aliphatic heterocycles. The van der Waals surface area contributed by atoms with Gasteiger partial charge in [0.05, 0.1) is 44.5 Å². The second-order valence-electron chi connectivity index (χ2n) is 17.3. The van der Waals surface area contributed by atoms with Gasteiger partial charge in [-0.15, -0.1) is 0 Å². The molecule has 0 N–H and O–H groups in total. The number of aryl methyl sites for hydroxylation is 1. The molecule has 0 aliphatic rings. The molecule has 2 nitrogen and oxygen atoms in total. The number of ketones is 1. The van der Waals surface area contributed by atoms with E-state index in [0.717, 1.165) is 12.0 Å². The zero-order chi connectivity index (χ0) is 58.1. The summed E-state index contributed by atoms with van der Waals surface area (Å²) in [5.74, 6) is 0.165. The molecule has 0 saturated carbocycles. The Labute approximate surface area is 419 Å². The minimum atomic E-state index is -6.13. The van der Waals surface area contributed by atoms with Crippen LogP contribution in [0.25, 0.3) is 0 Å². The topological polar surface area (TPSA) is 20.9 Å². The summed E-state index contributed by atoms with van der Waals surface area (Å²) >= 11 is 0. The number of aromatic nitrogens is 1. The van der Waals surface area contributed by atoms with Crippen LogP contribution >= 0.6 is 0 Å². The molecule has 0 saturated heterocycles. The van der Waals surface area contributed by atoms with Gasteiger partial charge in [0.25, 0.3) is 0 Å². The number of rotatable bonds is 11. The van der Waals surface area contributed by atoms with Crippen molar-refractivity contribution in [1.29, 1.82) is 0 Å². The Kier molecular flexibility index (Phi) is 17.5. The number of pyridine rings is 1. The molecule has 6 rings (SSSR count). The van der Waals surface area contributed by atoms with E-state index >= 15 is 0 Å². The van der Waals surface area contributed by atoms with Gasteiger partial charge in [-0.1, -0.05) is 105 Å². The summed E-state index contributed by atoms with van der Waals surface area (Å²) in [4.78, 5) is 12.3. The molecule has 6 aromatic rings. The van der Waals surface area contributed by atoms with Gasteiger partial charge in [0, 0.05) is 24.1 Å². The lowest BCUT2D eigenvalue weighted by Crippen LogP contribution is -2.75. The number of alkyl halides is 24. The molecular formula is C50H34BF24NO. The number of nitrogens with zero attached hydrogens (tertiary/aromatic N) is 1. The van der Waals surface area contributed by atoms with Crippen LogP contribution in [0.5, 0.6) is 0 Å². The molecule has 77 heavy (non-hydrogen) atoms. The molecule has 5 aromatic carbocycles. The molecule has 416 valence electrons. The highest BCUT2D eigenvalue weighted by atomic mass is 19.4. The first kappa shape index (κ1) is 61.2. The third-order valence-electron chi connectivity index (χ3n) is 11.9. The van der Waals surface area contributed by atoms with Crippen molar-refractivity contribution in [2.75, 3.05) is 0 Å². The molecule has 0 amide bonds.